The topological polar surface area (TPSA) is 94.5 Å². The van der Waals surface area contributed by atoms with Crippen molar-refractivity contribution in [3.05, 3.63) is 65.2 Å². The maximum absolute atomic E-state index is 14.0. The Morgan fingerprint density at radius 2 is 1.97 bits per heavy atom. The van der Waals surface area contributed by atoms with Gasteiger partial charge in [-0.1, -0.05) is 37.1 Å². The molecule has 0 unspecified atom stereocenters. The number of benzene rings is 2. The van der Waals surface area contributed by atoms with Gasteiger partial charge in [-0.25, -0.2) is 0 Å². The molecule has 2 heterocycles. The number of nitrogens with zero attached hydrogens (tertiary/aromatic N) is 2. The molecule has 3 aliphatic rings. The molecule has 5 rings (SSSR count). The van der Waals surface area contributed by atoms with E-state index < -0.39 is 0 Å². The zero-order valence-electron chi connectivity index (χ0n) is 20.1. The average Bonchev–Trinajstić information content (AvgIpc) is 3.35. The van der Waals surface area contributed by atoms with Crippen LogP contribution in [-0.4, -0.2) is 49.1 Å². The molecule has 0 spiro atoms. The summed E-state index contributed by atoms with van der Waals surface area (Å²) in [7, 11) is 1.72. The fourth-order valence-corrected chi connectivity index (χ4v) is 6.22. The van der Waals surface area contributed by atoms with Gasteiger partial charge in [-0.2, -0.15) is 5.26 Å². The first-order valence-electron chi connectivity index (χ1n) is 12.6. The minimum atomic E-state index is -0.242. The maximum atomic E-state index is 14.0. The first-order chi connectivity index (χ1) is 17.1. The van der Waals surface area contributed by atoms with Gasteiger partial charge in [0, 0.05) is 36.9 Å². The molecule has 1 saturated heterocycles. The van der Waals surface area contributed by atoms with Gasteiger partial charge < -0.3 is 20.3 Å². The molecule has 1 aliphatic carbocycles. The van der Waals surface area contributed by atoms with Crippen molar-refractivity contribution in [2.45, 2.75) is 50.2 Å². The first-order valence-corrected chi connectivity index (χ1v) is 12.6. The lowest BCUT2D eigenvalue weighted by atomic mass is 9.81. The van der Waals surface area contributed by atoms with Gasteiger partial charge in [-0.05, 0) is 49.1 Å². The SMILES string of the molecule is COC[C@@H]1Nc2ccccc2[C@H]2[C@H]1CCN2C(=O)[C@H]1CCCC[C@H]1NC(=O)c1cccc(C#N)c1. The molecule has 7 nitrogen and oxygen atoms in total. The summed E-state index contributed by atoms with van der Waals surface area (Å²) in [5, 5.41) is 15.9. The molecule has 2 aromatic carbocycles. The highest BCUT2D eigenvalue weighted by Crippen LogP contribution is 2.47. The molecule has 1 saturated carbocycles. The highest BCUT2D eigenvalue weighted by molar-refractivity contribution is 5.95. The van der Waals surface area contributed by atoms with Crippen LogP contribution in [0.4, 0.5) is 5.69 Å². The van der Waals surface area contributed by atoms with Gasteiger partial charge in [0.25, 0.3) is 5.91 Å². The summed E-state index contributed by atoms with van der Waals surface area (Å²) in [5.41, 5.74) is 3.14. The minimum absolute atomic E-state index is 0.0192. The minimum Gasteiger partial charge on any atom is -0.383 e. The van der Waals surface area contributed by atoms with Gasteiger partial charge in [0.2, 0.25) is 5.91 Å². The number of methoxy groups -OCH3 is 1. The third-order valence-corrected chi connectivity index (χ3v) is 7.86. The van der Waals surface area contributed by atoms with E-state index in [1.807, 2.05) is 12.1 Å². The largest absolute Gasteiger partial charge is 0.383 e. The highest BCUT2D eigenvalue weighted by Gasteiger charge is 2.48. The van der Waals surface area contributed by atoms with Crippen molar-refractivity contribution in [1.82, 2.24) is 10.2 Å². The number of ether oxygens (including phenoxy) is 1. The Bertz CT molecular complexity index is 1140. The van der Waals surface area contributed by atoms with Crippen molar-refractivity contribution in [2.75, 3.05) is 25.6 Å². The summed E-state index contributed by atoms with van der Waals surface area (Å²) < 4.78 is 5.50. The second-order valence-corrected chi connectivity index (χ2v) is 9.89. The summed E-state index contributed by atoms with van der Waals surface area (Å²) in [6, 6.07) is 17.0. The Labute approximate surface area is 206 Å². The maximum Gasteiger partial charge on any atom is 0.251 e. The molecule has 182 valence electrons. The lowest BCUT2D eigenvalue weighted by Gasteiger charge is -2.41. The van der Waals surface area contributed by atoms with Crippen LogP contribution in [0.15, 0.2) is 48.5 Å². The summed E-state index contributed by atoms with van der Waals surface area (Å²) in [6.07, 6.45) is 4.46. The number of amides is 2. The van der Waals surface area contributed by atoms with Gasteiger partial charge in [0.15, 0.2) is 0 Å². The summed E-state index contributed by atoms with van der Waals surface area (Å²) in [5.74, 6) is -0.0349. The lowest BCUT2D eigenvalue weighted by Crippen LogP contribution is -2.50. The second-order valence-electron chi connectivity index (χ2n) is 9.89. The Morgan fingerprint density at radius 1 is 1.14 bits per heavy atom. The Morgan fingerprint density at radius 3 is 2.80 bits per heavy atom. The highest BCUT2D eigenvalue weighted by atomic mass is 16.5. The predicted octanol–water partition coefficient (Wildman–Crippen LogP) is 3.88. The van der Waals surface area contributed by atoms with Crippen LogP contribution in [-0.2, 0) is 9.53 Å². The van der Waals surface area contributed by atoms with Crippen LogP contribution < -0.4 is 10.6 Å². The van der Waals surface area contributed by atoms with Crippen molar-refractivity contribution in [3.63, 3.8) is 0 Å². The van der Waals surface area contributed by atoms with Crippen LogP contribution in [0.2, 0.25) is 0 Å². The van der Waals surface area contributed by atoms with Crippen LogP contribution in [0.1, 0.15) is 59.6 Å². The molecule has 0 radical (unpaired) electrons. The van der Waals surface area contributed by atoms with E-state index in [4.69, 9.17) is 4.74 Å². The molecule has 2 N–H and O–H groups in total. The lowest BCUT2D eigenvalue weighted by molar-refractivity contribution is -0.139. The predicted molar refractivity (Wildman–Crippen MR) is 133 cm³/mol. The summed E-state index contributed by atoms with van der Waals surface area (Å²) in [4.78, 5) is 29.1. The monoisotopic (exact) mass is 472 g/mol. The number of para-hydroxylation sites is 1. The Kier molecular flexibility index (Phi) is 6.74. The number of nitrogens with one attached hydrogen (secondary N) is 2. The number of rotatable bonds is 5. The molecule has 2 aliphatic heterocycles. The van der Waals surface area contributed by atoms with Gasteiger partial charge in [-0.15, -0.1) is 0 Å². The molecule has 7 heteroatoms. The number of anilines is 1. The van der Waals surface area contributed by atoms with Crippen molar-refractivity contribution >= 4 is 17.5 Å². The number of fused-ring (bicyclic) bond motifs is 3. The molecular formula is C28H32N4O3. The number of hydrogen-bond acceptors (Lipinski definition) is 5. The fraction of sp³-hybridized carbons (Fsp3) is 0.464. The molecule has 2 fully saturated rings. The van der Waals surface area contributed by atoms with E-state index in [0.717, 1.165) is 37.8 Å². The van der Waals surface area contributed by atoms with Gasteiger partial charge in [0.1, 0.15) is 0 Å². The molecule has 0 aromatic heterocycles. The zero-order chi connectivity index (χ0) is 24.4. The number of carbonyl (C=O) groups excluding carboxylic acids is 2. The number of likely N-dealkylation sites (tertiary alicyclic amines) is 1. The van der Waals surface area contributed by atoms with Crippen molar-refractivity contribution in [1.29, 1.82) is 5.26 Å². The quantitative estimate of drug-likeness (QED) is 0.689. The van der Waals surface area contributed by atoms with E-state index in [0.29, 0.717) is 30.2 Å². The van der Waals surface area contributed by atoms with E-state index >= 15 is 0 Å². The standard InChI is InChI=1S/C28H32N4O3/c1-35-17-25-21-13-14-32(26(21)20-9-2-4-11-23(20)30-25)28(34)22-10-3-5-12-24(22)31-27(33)19-8-6-7-18(15-19)16-29/h2,4,6-9,11,15,21-22,24-26,30H,3,5,10,12-14,17H2,1H3,(H,31,33)/t21-,22-,24+,25-,26-/m0/s1. The molecule has 2 amide bonds. The Balaban J connectivity index is 1.37. The third-order valence-electron chi connectivity index (χ3n) is 7.86. The van der Waals surface area contributed by atoms with Crippen molar-refractivity contribution in [3.8, 4) is 6.07 Å². The number of hydrogen-bond donors (Lipinski definition) is 2. The summed E-state index contributed by atoms with van der Waals surface area (Å²) in [6.45, 7) is 1.31. The Hall–Kier alpha value is -3.37. The fourth-order valence-electron chi connectivity index (χ4n) is 6.22. The average molecular weight is 473 g/mol. The molecular weight excluding hydrogens is 440 g/mol. The third kappa shape index (κ3) is 4.51. The van der Waals surface area contributed by atoms with Crippen LogP contribution in [0.3, 0.4) is 0 Å². The molecule has 0 bridgehead atoms. The van der Waals surface area contributed by atoms with E-state index in [1.54, 1.807) is 31.4 Å². The van der Waals surface area contributed by atoms with Crippen molar-refractivity contribution in [2.24, 2.45) is 11.8 Å². The summed E-state index contributed by atoms with van der Waals surface area (Å²) >= 11 is 0. The smallest absolute Gasteiger partial charge is 0.251 e. The zero-order valence-corrected chi connectivity index (χ0v) is 20.1. The van der Waals surface area contributed by atoms with E-state index in [2.05, 4.69) is 33.7 Å². The van der Waals surface area contributed by atoms with Crippen LogP contribution in [0.25, 0.3) is 0 Å². The van der Waals surface area contributed by atoms with E-state index in [-0.39, 0.29) is 35.9 Å². The molecule has 35 heavy (non-hydrogen) atoms. The van der Waals surface area contributed by atoms with Gasteiger partial charge in [-0.3, -0.25) is 9.59 Å². The van der Waals surface area contributed by atoms with Crippen LogP contribution in [0, 0.1) is 23.2 Å². The molecule has 5 atom stereocenters. The van der Waals surface area contributed by atoms with E-state index in [9.17, 15) is 14.9 Å². The van der Waals surface area contributed by atoms with Gasteiger partial charge >= 0.3 is 0 Å². The van der Waals surface area contributed by atoms with Crippen LogP contribution in [0.5, 0.6) is 0 Å². The second kappa shape index (κ2) is 10.1. The van der Waals surface area contributed by atoms with Crippen LogP contribution >= 0.6 is 0 Å². The normalized spacial score (nSPS) is 27.2. The first kappa shape index (κ1) is 23.4. The number of carbonyl (C=O) groups is 2. The molecule has 2 aromatic rings. The number of nitriles is 1. The van der Waals surface area contributed by atoms with Gasteiger partial charge in [0.05, 0.1) is 36.2 Å². The van der Waals surface area contributed by atoms with E-state index in [1.165, 1.54) is 5.56 Å². The van der Waals surface area contributed by atoms with Crippen molar-refractivity contribution < 1.29 is 14.3 Å².